The Bertz CT molecular complexity index is 776. The maximum atomic E-state index is 12.5. The molecule has 0 bridgehead atoms. The molecule has 1 heterocycles. The molecule has 29 heavy (non-hydrogen) atoms. The van der Waals surface area contributed by atoms with E-state index in [9.17, 15) is 19.2 Å². The lowest BCUT2D eigenvalue weighted by molar-refractivity contribution is -0.881. The maximum Gasteiger partial charge on any atom is 0.414 e. The third-order valence-electron chi connectivity index (χ3n) is 4.49. The third-order valence-corrected chi connectivity index (χ3v) is 5.70. The Balaban J connectivity index is 2.00. The lowest BCUT2D eigenvalue weighted by Crippen LogP contribution is -3.14. The largest absolute Gasteiger partial charge is 0.462 e. The molecule has 10 heteroatoms. The number of alkyl carbamates (subject to hydrolysis) is 1. The van der Waals surface area contributed by atoms with Crippen LogP contribution in [0.5, 0.6) is 0 Å². The van der Waals surface area contributed by atoms with Crippen LogP contribution in [0, 0.1) is 0 Å². The van der Waals surface area contributed by atoms with E-state index in [-0.39, 0.29) is 32.2 Å². The van der Waals surface area contributed by atoms with E-state index in [1.54, 1.807) is 13.8 Å². The zero-order valence-electron chi connectivity index (χ0n) is 17.0. The second-order valence-electron chi connectivity index (χ2n) is 6.56. The second-order valence-corrected chi connectivity index (χ2v) is 7.66. The van der Waals surface area contributed by atoms with Crippen molar-refractivity contribution in [2.24, 2.45) is 0 Å². The molecule has 0 spiro atoms. The molecule has 9 nitrogen and oxygen atoms in total. The first-order valence-corrected chi connectivity index (χ1v) is 10.6. The number of amides is 3. The SMILES string of the molecule is CCOC(=O)NC(=O)C[NH+](CC)CC(=O)Nc1sc2c(c1C(=O)OCC)CCC2. The smallest absolute Gasteiger partial charge is 0.414 e. The van der Waals surface area contributed by atoms with Crippen LogP contribution < -0.4 is 15.5 Å². The van der Waals surface area contributed by atoms with E-state index in [4.69, 9.17) is 4.74 Å². The fourth-order valence-electron chi connectivity index (χ4n) is 3.17. The van der Waals surface area contributed by atoms with Crippen molar-refractivity contribution in [2.75, 3.05) is 38.2 Å². The number of thiophene rings is 1. The normalized spacial score (nSPS) is 13.3. The maximum absolute atomic E-state index is 12.5. The van der Waals surface area contributed by atoms with Gasteiger partial charge in [-0.25, -0.2) is 9.59 Å². The number of carbonyl (C=O) groups excluding carboxylic acids is 4. The zero-order chi connectivity index (χ0) is 21.4. The summed E-state index contributed by atoms with van der Waals surface area (Å²) in [5.41, 5.74) is 1.42. The van der Waals surface area contributed by atoms with Crippen molar-refractivity contribution in [3.05, 3.63) is 16.0 Å². The van der Waals surface area contributed by atoms with Gasteiger partial charge in [-0.2, -0.15) is 0 Å². The van der Waals surface area contributed by atoms with Gasteiger partial charge in [0.2, 0.25) is 0 Å². The first kappa shape index (κ1) is 22.8. The van der Waals surface area contributed by atoms with Crippen molar-refractivity contribution in [1.82, 2.24) is 5.32 Å². The van der Waals surface area contributed by atoms with Crippen LogP contribution in [-0.2, 0) is 31.9 Å². The molecule has 3 amide bonds. The van der Waals surface area contributed by atoms with Crippen LogP contribution in [0.2, 0.25) is 0 Å². The van der Waals surface area contributed by atoms with Gasteiger partial charge in [-0.1, -0.05) is 0 Å². The molecular formula is C19H28N3O6S+. The number of hydrogen-bond donors (Lipinski definition) is 3. The van der Waals surface area contributed by atoms with Gasteiger partial charge in [-0.05, 0) is 45.6 Å². The third kappa shape index (κ3) is 6.26. The monoisotopic (exact) mass is 426 g/mol. The molecule has 1 aromatic rings. The van der Waals surface area contributed by atoms with Gasteiger partial charge in [0.25, 0.3) is 11.8 Å². The van der Waals surface area contributed by atoms with Crippen LogP contribution in [0.3, 0.4) is 0 Å². The Morgan fingerprint density at radius 1 is 1.00 bits per heavy atom. The highest BCUT2D eigenvalue weighted by Gasteiger charge is 2.29. The highest BCUT2D eigenvalue weighted by molar-refractivity contribution is 7.17. The van der Waals surface area contributed by atoms with Gasteiger partial charge in [-0.3, -0.25) is 14.9 Å². The summed E-state index contributed by atoms with van der Waals surface area (Å²) in [5.74, 6) is -1.25. The topological polar surface area (TPSA) is 115 Å². The van der Waals surface area contributed by atoms with Crippen LogP contribution in [0.15, 0.2) is 0 Å². The summed E-state index contributed by atoms with van der Waals surface area (Å²) < 4.78 is 9.83. The number of carbonyl (C=O) groups is 4. The van der Waals surface area contributed by atoms with Crippen molar-refractivity contribution in [3.63, 3.8) is 0 Å². The van der Waals surface area contributed by atoms with Crippen LogP contribution in [0.25, 0.3) is 0 Å². The number of fused-ring (bicyclic) bond motifs is 1. The molecule has 160 valence electrons. The molecule has 1 unspecified atom stereocenters. The van der Waals surface area contributed by atoms with E-state index in [2.05, 4.69) is 15.4 Å². The molecule has 0 saturated heterocycles. The fourth-order valence-corrected chi connectivity index (χ4v) is 4.47. The summed E-state index contributed by atoms with van der Waals surface area (Å²) >= 11 is 1.41. The Labute approximate surface area is 173 Å². The molecule has 0 aliphatic heterocycles. The number of likely N-dealkylation sites (N-methyl/N-ethyl adjacent to an activating group) is 1. The van der Waals surface area contributed by atoms with Crippen molar-refractivity contribution < 1.29 is 33.6 Å². The van der Waals surface area contributed by atoms with E-state index in [1.807, 2.05) is 6.92 Å². The highest BCUT2D eigenvalue weighted by Crippen LogP contribution is 2.39. The average Bonchev–Trinajstić information content (AvgIpc) is 3.21. The predicted molar refractivity (Wildman–Crippen MR) is 107 cm³/mol. The zero-order valence-corrected chi connectivity index (χ0v) is 17.8. The molecule has 0 aromatic carbocycles. The summed E-state index contributed by atoms with van der Waals surface area (Å²) in [6, 6.07) is 0. The number of rotatable bonds is 9. The molecule has 1 aliphatic rings. The Morgan fingerprint density at radius 3 is 2.34 bits per heavy atom. The van der Waals surface area contributed by atoms with E-state index in [0.717, 1.165) is 29.7 Å². The Hall–Kier alpha value is -2.46. The number of anilines is 1. The quantitative estimate of drug-likeness (QED) is 0.496. The predicted octanol–water partition coefficient (Wildman–Crippen LogP) is 0.530. The van der Waals surface area contributed by atoms with Crippen LogP contribution in [-0.4, -0.2) is 56.7 Å². The summed E-state index contributed by atoms with van der Waals surface area (Å²) in [6.07, 6.45) is 1.88. The van der Waals surface area contributed by atoms with Gasteiger partial charge in [0, 0.05) is 4.88 Å². The molecule has 1 aliphatic carbocycles. The minimum atomic E-state index is -0.801. The number of hydrogen-bond acceptors (Lipinski definition) is 7. The van der Waals surface area contributed by atoms with Crippen molar-refractivity contribution in [3.8, 4) is 0 Å². The molecule has 3 N–H and O–H groups in total. The molecule has 1 aromatic heterocycles. The van der Waals surface area contributed by atoms with Gasteiger partial charge in [0.1, 0.15) is 5.00 Å². The lowest BCUT2D eigenvalue weighted by Gasteiger charge is -2.16. The minimum absolute atomic E-state index is 0.0254. The number of imide groups is 1. The van der Waals surface area contributed by atoms with Crippen molar-refractivity contribution in [1.29, 1.82) is 0 Å². The van der Waals surface area contributed by atoms with Crippen LogP contribution in [0.4, 0.5) is 9.80 Å². The summed E-state index contributed by atoms with van der Waals surface area (Å²) in [6.45, 7) is 6.14. The molecule has 0 saturated carbocycles. The van der Waals surface area contributed by atoms with E-state index >= 15 is 0 Å². The molecule has 0 fully saturated rings. The van der Waals surface area contributed by atoms with Gasteiger partial charge in [0.15, 0.2) is 13.1 Å². The van der Waals surface area contributed by atoms with E-state index in [0.29, 0.717) is 22.0 Å². The van der Waals surface area contributed by atoms with Crippen LogP contribution in [0.1, 0.15) is 48.0 Å². The fraction of sp³-hybridized carbons (Fsp3) is 0.579. The van der Waals surface area contributed by atoms with Gasteiger partial charge in [0.05, 0.1) is 25.3 Å². The number of quaternary nitrogens is 1. The first-order chi connectivity index (χ1) is 13.9. The Kier molecular flexibility index (Phi) is 8.59. The standard InChI is InChI=1S/C19H27N3O6S/c1-4-22(11-15(24)21-19(26)28-6-3)10-14(23)20-17-16(18(25)27-5-2)12-8-7-9-13(12)29-17/h4-11H2,1-3H3,(H,20,23)(H,21,24,26)/p+1. The summed E-state index contributed by atoms with van der Waals surface area (Å²) in [4.78, 5) is 50.0. The van der Waals surface area contributed by atoms with Crippen molar-refractivity contribution >= 4 is 40.2 Å². The second kappa shape index (κ2) is 10.9. The number of nitrogens with one attached hydrogen (secondary N) is 3. The lowest BCUT2D eigenvalue weighted by atomic mass is 10.1. The average molecular weight is 427 g/mol. The van der Waals surface area contributed by atoms with E-state index in [1.165, 1.54) is 11.3 Å². The molecule has 2 rings (SSSR count). The summed E-state index contributed by atoms with van der Waals surface area (Å²) in [7, 11) is 0. The molecule has 1 atom stereocenters. The number of ether oxygens (including phenoxy) is 2. The van der Waals surface area contributed by atoms with E-state index < -0.39 is 18.0 Å². The number of esters is 1. The van der Waals surface area contributed by atoms with Gasteiger partial charge < -0.3 is 19.7 Å². The van der Waals surface area contributed by atoms with Crippen molar-refractivity contribution in [2.45, 2.75) is 40.0 Å². The number of aryl methyl sites for hydroxylation is 1. The Morgan fingerprint density at radius 2 is 1.69 bits per heavy atom. The van der Waals surface area contributed by atoms with Gasteiger partial charge >= 0.3 is 12.1 Å². The minimum Gasteiger partial charge on any atom is -0.462 e. The first-order valence-electron chi connectivity index (χ1n) is 9.81. The molecule has 0 radical (unpaired) electrons. The van der Waals surface area contributed by atoms with Crippen LogP contribution >= 0.6 is 11.3 Å². The summed E-state index contributed by atoms with van der Waals surface area (Å²) in [5, 5.41) is 5.44. The highest BCUT2D eigenvalue weighted by atomic mass is 32.1. The molecular weight excluding hydrogens is 398 g/mol. The van der Waals surface area contributed by atoms with Gasteiger partial charge in [-0.15, -0.1) is 11.3 Å².